The van der Waals surface area contributed by atoms with Crippen LogP contribution in [0.4, 0.5) is 5.95 Å². The summed E-state index contributed by atoms with van der Waals surface area (Å²) < 4.78 is 5.60. The van der Waals surface area contributed by atoms with Gasteiger partial charge in [-0.3, -0.25) is 4.79 Å². The smallest absolute Gasteiger partial charge is 0.270 e. The molecule has 24 heavy (non-hydrogen) atoms. The molecule has 2 heterocycles. The highest BCUT2D eigenvalue weighted by Crippen LogP contribution is 2.18. The summed E-state index contributed by atoms with van der Waals surface area (Å²) in [7, 11) is 0. The van der Waals surface area contributed by atoms with Crippen molar-refractivity contribution < 1.29 is 9.53 Å². The highest BCUT2D eigenvalue weighted by molar-refractivity contribution is 5.92. The molecular weight excluding hydrogens is 304 g/mol. The van der Waals surface area contributed by atoms with Gasteiger partial charge in [-0.25, -0.2) is 9.97 Å². The monoisotopic (exact) mass is 332 g/mol. The molecule has 3 rings (SSSR count). The minimum absolute atomic E-state index is 0.0902. The number of nitrogens with one attached hydrogen (secondary N) is 2. The molecule has 0 bridgehead atoms. The van der Waals surface area contributed by atoms with Gasteiger partial charge in [0.1, 0.15) is 5.69 Å². The first kappa shape index (κ1) is 17.1. The number of rotatable bonds is 5. The normalized spacial score (nSPS) is 22.1. The second-order valence-electron chi connectivity index (χ2n) is 6.90. The molecule has 0 aromatic carbocycles. The molecule has 6 heteroatoms. The summed E-state index contributed by atoms with van der Waals surface area (Å²) in [5.41, 5.74) is 1.24. The van der Waals surface area contributed by atoms with Gasteiger partial charge >= 0.3 is 0 Å². The Morgan fingerprint density at radius 2 is 1.96 bits per heavy atom. The number of carbonyl (C=O) groups excluding carboxylic acids is 1. The minimum atomic E-state index is -0.0902. The first-order valence-corrected chi connectivity index (χ1v) is 9.23. The first-order chi connectivity index (χ1) is 11.7. The summed E-state index contributed by atoms with van der Waals surface area (Å²) >= 11 is 0. The van der Waals surface area contributed by atoms with Crippen LogP contribution in [-0.4, -0.2) is 41.2 Å². The molecule has 2 aliphatic rings. The molecule has 1 aromatic rings. The number of ether oxygens (including phenoxy) is 1. The van der Waals surface area contributed by atoms with E-state index in [1.165, 1.54) is 25.7 Å². The van der Waals surface area contributed by atoms with E-state index in [9.17, 15) is 4.79 Å². The molecule has 2 N–H and O–H groups in total. The van der Waals surface area contributed by atoms with Gasteiger partial charge in [-0.15, -0.1) is 0 Å². The van der Waals surface area contributed by atoms with Crippen LogP contribution in [0, 0.1) is 6.92 Å². The first-order valence-electron chi connectivity index (χ1n) is 9.23. The van der Waals surface area contributed by atoms with Crippen LogP contribution >= 0.6 is 0 Å². The van der Waals surface area contributed by atoms with E-state index in [2.05, 4.69) is 20.6 Å². The molecule has 1 aromatic heterocycles. The Bertz CT molecular complexity index is 550. The number of aryl methyl sites for hydroxylation is 1. The Balaban J connectivity index is 1.60. The van der Waals surface area contributed by atoms with Crippen molar-refractivity contribution in [2.24, 2.45) is 0 Å². The Labute approximate surface area is 143 Å². The van der Waals surface area contributed by atoms with Crippen molar-refractivity contribution in [3.8, 4) is 0 Å². The molecule has 1 amide bonds. The molecule has 1 unspecified atom stereocenters. The van der Waals surface area contributed by atoms with Gasteiger partial charge in [0.2, 0.25) is 5.95 Å². The summed E-state index contributed by atoms with van der Waals surface area (Å²) in [5, 5.41) is 6.35. The third-order valence-corrected chi connectivity index (χ3v) is 4.79. The number of aromatic nitrogens is 2. The van der Waals surface area contributed by atoms with Crippen LogP contribution in [0.1, 0.15) is 67.5 Å². The third kappa shape index (κ3) is 4.90. The standard InChI is InChI=1S/C18H28N4O2/c1-13-11-16(17(23)21-14-7-4-2-3-5-8-14)22-18(20-13)19-12-15-9-6-10-24-15/h11,14-15H,2-10,12H2,1H3,(H,21,23)(H,19,20,22). The van der Waals surface area contributed by atoms with E-state index in [-0.39, 0.29) is 18.1 Å². The summed E-state index contributed by atoms with van der Waals surface area (Å²) in [5.74, 6) is 0.420. The zero-order chi connectivity index (χ0) is 16.8. The molecule has 1 aliphatic carbocycles. The van der Waals surface area contributed by atoms with Crippen molar-refractivity contribution >= 4 is 11.9 Å². The summed E-state index contributed by atoms with van der Waals surface area (Å²) in [6, 6.07) is 2.03. The number of carbonyl (C=O) groups is 1. The quantitative estimate of drug-likeness (QED) is 0.811. The van der Waals surface area contributed by atoms with Crippen LogP contribution in [0.25, 0.3) is 0 Å². The van der Waals surface area contributed by atoms with Crippen molar-refractivity contribution in [3.63, 3.8) is 0 Å². The Morgan fingerprint density at radius 1 is 1.17 bits per heavy atom. The zero-order valence-corrected chi connectivity index (χ0v) is 14.5. The van der Waals surface area contributed by atoms with Crippen molar-refractivity contribution in [1.29, 1.82) is 0 Å². The van der Waals surface area contributed by atoms with Crippen LogP contribution < -0.4 is 10.6 Å². The zero-order valence-electron chi connectivity index (χ0n) is 14.5. The van der Waals surface area contributed by atoms with Gasteiger partial charge in [-0.05, 0) is 38.7 Å². The van der Waals surface area contributed by atoms with Gasteiger partial charge < -0.3 is 15.4 Å². The average Bonchev–Trinajstić information content (AvgIpc) is 2.96. The second kappa shape index (κ2) is 8.42. The maximum Gasteiger partial charge on any atom is 0.270 e. The van der Waals surface area contributed by atoms with E-state index in [4.69, 9.17) is 4.74 Å². The molecule has 6 nitrogen and oxygen atoms in total. The molecule has 0 radical (unpaired) electrons. The minimum Gasteiger partial charge on any atom is -0.376 e. The summed E-state index contributed by atoms with van der Waals surface area (Å²) in [6.45, 7) is 3.41. The highest BCUT2D eigenvalue weighted by Gasteiger charge is 2.19. The van der Waals surface area contributed by atoms with Crippen molar-refractivity contribution in [2.75, 3.05) is 18.5 Å². The number of hydrogen-bond acceptors (Lipinski definition) is 5. The SMILES string of the molecule is Cc1cc(C(=O)NC2CCCCCC2)nc(NCC2CCCO2)n1. The molecule has 1 atom stereocenters. The van der Waals surface area contributed by atoms with Gasteiger partial charge in [0.15, 0.2) is 0 Å². The molecule has 2 fully saturated rings. The van der Waals surface area contributed by atoms with Crippen molar-refractivity contribution in [1.82, 2.24) is 15.3 Å². The molecule has 1 saturated carbocycles. The lowest BCUT2D eigenvalue weighted by molar-refractivity contribution is 0.0928. The van der Waals surface area contributed by atoms with E-state index in [1.807, 2.05) is 6.92 Å². The average molecular weight is 332 g/mol. The predicted octanol–water partition coefficient (Wildman–Crippen LogP) is 2.83. The molecule has 1 aliphatic heterocycles. The lowest BCUT2D eigenvalue weighted by Gasteiger charge is -2.16. The largest absolute Gasteiger partial charge is 0.376 e. The van der Waals surface area contributed by atoms with E-state index in [0.29, 0.717) is 18.2 Å². The van der Waals surface area contributed by atoms with Gasteiger partial charge in [0, 0.05) is 24.9 Å². The number of nitrogens with zero attached hydrogens (tertiary/aromatic N) is 2. The lowest BCUT2D eigenvalue weighted by Crippen LogP contribution is -2.35. The van der Waals surface area contributed by atoms with E-state index < -0.39 is 0 Å². The highest BCUT2D eigenvalue weighted by atomic mass is 16.5. The lowest BCUT2D eigenvalue weighted by atomic mass is 10.1. The maximum atomic E-state index is 12.5. The summed E-state index contributed by atoms with van der Waals surface area (Å²) in [4.78, 5) is 21.3. The van der Waals surface area contributed by atoms with Crippen LogP contribution in [0.15, 0.2) is 6.07 Å². The second-order valence-corrected chi connectivity index (χ2v) is 6.90. The van der Waals surface area contributed by atoms with Crippen LogP contribution in [-0.2, 0) is 4.74 Å². The van der Waals surface area contributed by atoms with Gasteiger partial charge in [-0.2, -0.15) is 0 Å². The Morgan fingerprint density at radius 3 is 2.67 bits per heavy atom. The number of amides is 1. The van der Waals surface area contributed by atoms with E-state index in [0.717, 1.165) is 38.0 Å². The van der Waals surface area contributed by atoms with Crippen molar-refractivity contribution in [2.45, 2.75) is 70.4 Å². The fourth-order valence-electron chi connectivity index (χ4n) is 3.46. The number of anilines is 1. The van der Waals surface area contributed by atoms with Gasteiger partial charge in [0.25, 0.3) is 5.91 Å². The molecule has 1 saturated heterocycles. The topological polar surface area (TPSA) is 76.1 Å². The van der Waals surface area contributed by atoms with Crippen LogP contribution in [0.2, 0.25) is 0 Å². The van der Waals surface area contributed by atoms with Gasteiger partial charge in [0.05, 0.1) is 6.10 Å². The molecule has 132 valence electrons. The summed E-state index contributed by atoms with van der Waals surface area (Å²) in [6.07, 6.45) is 9.47. The molecular formula is C18H28N4O2. The number of hydrogen-bond donors (Lipinski definition) is 2. The third-order valence-electron chi connectivity index (χ3n) is 4.79. The Hall–Kier alpha value is -1.69. The van der Waals surface area contributed by atoms with Crippen LogP contribution in [0.5, 0.6) is 0 Å². The Kier molecular flexibility index (Phi) is 6.01. The maximum absolute atomic E-state index is 12.5. The van der Waals surface area contributed by atoms with E-state index in [1.54, 1.807) is 6.07 Å². The predicted molar refractivity (Wildman–Crippen MR) is 93.2 cm³/mol. The molecule has 0 spiro atoms. The van der Waals surface area contributed by atoms with E-state index >= 15 is 0 Å². The van der Waals surface area contributed by atoms with Crippen molar-refractivity contribution in [3.05, 3.63) is 17.5 Å². The fourth-order valence-corrected chi connectivity index (χ4v) is 3.46. The van der Waals surface area contributed by atoms with Crippen LogP contribution in [0.3, 0.4) is 0 Å². The fraction of sp³-hybridized carbons (Fsp3) is 0.722. The van der Waals surface area contributed by atoms with Gasteiger partial charge in [-0.1, -0.05) is 25.7 Å².